The average Bonchev–Trinajstić information content (AvgIpc) is 2.62. The molecule has 1 aliphatic heterocycles. The number of hydrogen-bond donors (Lipinski definition) is 1. The van der Waals surface area contributed by atoms with Gasteiger partial charge in [0.1, 0.15) is 0 Å². The molecule has 0 spiro atoms. The van der Waals surface area contributed by atoms with Crippen LogP contribution in [0.1, 0.15) is 51.5 Å². The molecule has 0 aromatic heterocycles. The number of nitrogens with one attached hydrogen (secondary N) is 1. The molecule has 1 amide bonds. The zero-order valence-electron chi connectivity index (χ0n) is 15.6. The number of likely N-dealkylation sites (tertiary alicyclic amines) is 1. The zero-order chi connectivity index (χ0) is 18.2. The van der Waals surface area contributed by atoms with E-state index >= 15 is 0 Å². The second-order valence-electron chi connectivity index (χ2n) is 6.81. The van der Waals surface area contributed by atoms with E-state index in [2.05, 4.69) is 31.3 Å². The summed E-state index contributed by atoms with van der Waals surface area (Å²) >= 11 is 0. The van der Waals surface area contributed by atoms with Crippen LogP contribution in [0.25, 0.3) is 0 Å². The number of benzene rings is 1. The second-order valence-corrected chi connectivity index (χ2v) is 6.81. The van der Waals surface area contributed by atoms with Gasteiger partial charge in [0.25, 0.3) is 0 Å². The zero-order valence-corrected chi connectivity index (χ0v) is 15.6. The van der Waals surface area contributed by atoms with Crippen molar-refractivity contribution in [1.82, 2.24) is 4.90 Å². The Labute approximate surface area is 150 Å². The summed E-state index contributed by atoms with van der Waals surface area (Å²) in [5.74, 6) is 0.225. The number of anilines is 1. The van der Waals surface area contributed by atoms with Gasteiger partial charge < -0.3 is 10.1 Å². The molecule has 5 heteroatoms. The summed E-state index contributed by atoms with van der Waals surface area (Å²) in [6, 6.07) is 8.05. The molecule has 0 radical (unpaired) electrons. The first-order chi connectivity index (χ1) is 12.0. The van der Waals surface area contributed by atoms with Crippen LogP contribution < -0.4 is 5.32 Å². The Bertz CT molecular complexity index is 571. The quantitative estimate of drug-likeness (QED) is 0.769. The highest BCUT2D eigenvalue weighted by atomic mass is 16.5. The summed E-state index contributed by atoms with van der Waals surface area (Å²) in [4.78, 5) is 26.2. The Balaban J connectivity index is 1.84. The van der Waals surface area contributed by atoms with Crippen LogP contribution in [-0.4, -0.2) is 43.0 Å². The molecule has 0 saturated carbocycles. The molecule has 1 heterocycles. The lowest BCUT2D eigenvalue weighted by Gasteiger charge is -2.30. The molecule has 0 aliphatic carbocycles. The fourth-order valence-corrected chi connectivity index (χ4v) is 3.19. The number of carbonyl (C=O) groups is 2. The maximum Gasteiger partial charge on any atom is 0.310 e. The molecule has 1 saturated heterocycles. The van der Waals surface area contributed by atoms with E-state index in [1.54, 1.807) is 0 Å². The number of amides is 1. The lowest BCUT2D eigenvalue weighted by Crippen LogP contribution is -2.43. The largest absolute Gasteiger partial charge is 0.466 e. The molecule has 1 aromatic carbocycles. The highest BCUT2D eigenvalue weighted by Crippen LogP contribution is 2.21. The third-order valence-corrected chi connectivity index (χ3v) is 4.87. The first-order valence-corrected chi connectivity index (χ1v) is 9.32. The van der Waals surface area contributed by atoms with Crippen molar-refractivity contribution in [2.45, 2.75) is 46.0 Å². The molecule has 2 atom stereocenters. The smallest absolute Gasteiger partial charge is 0.310 e. The van der Waals surface area contributed by atoms with Crippen LogP contribution in [0.5, 0.6) is 0 Å². The van der Waals surface area contributed by atoms with Crippen molar-refractivity contribution in [3.8, 4) is 0 Å². The predicted molar refractivity (Wildman–Crippen MR) is 99.6 cm³/mol. The van der Waals surface area contributed by atoms with Gasteiger partial charge in [0.15, 0.2) is 0 Å². The van der Waals surface area contributed by atoms with Crippen molar-refractivity contribution in [1.29, 1.82) is 0 Å². The Kier molecular flexibility index (Phi) is 7.44. The van der Waals surface area contributed by atoms with Crippen LogP contribution in [0.3, 0.4) is 0 Å². The maximum absolute atomic E-state index is 12.3. The summed E-state index contributed by atoms with van der Waals surface area (Å²) in [5, 5.41) is 2.95. The van der Waals surface area contributed by atoms with E-state index in [1.165, 1.54) is 5.56 Å². The second kappa shape index (κ2) is 9.56. The van der Waals surface area contributed by atoms with Gasteiger partial charge in [-0.1, -0.05) is 26.0 Å². The van der Waals surface area contributed by atoms with Crippen LogP contribution in [0.2, 0.25) is 0 Å². The predicted octanol–water partition coefficient (Wildman–Crippen LogP) is 3.41. The van der Waals surface area contributed by atoms with E-state index in [0.717, 1.165) is 31.5 Å². The van der Waals surface area contributed by atoms with Crippen LogP contribution in [0.4, 0.5) is 5.69 Å². The molecule has 1 N–H and O–H groups in total. The maximum atomic E-state index is 12.3. The monoisotopic (exact) mass is 346 g/mol. The first kappa shape index (κ1) is 19.4. The average molecular weight is 346 g/mol. The molecular weight excluding hydrogens is 316 g/mol. The standard InChI is InChI=1S/C20H30N2O3/c1-4-15(3)16-8-10-18(11-9-16)21-19(23)14-22-12-6-7-17(13-22)20(24)25-5-2/h8-11,15,17H,4-7,12-14H2,1-3H3,(H,21,23)/t15-,17-/m0/s1. The highest BCUT2D eigenvalue weighted by Gasteiger charge is 2.27. The minimum absolute atomic E-state index is 0.0409. The summed E-state index contributed by atoms with van der Waals surface area (Å²) in [7, 11) is 0. The van der Waals surface area contributed by atoms with Gasteiger partial charge in [-0.25, -0.2) is 0 Å². The van der Waals surface area contributed by atoms with E-state index < -0.39 is 0 Å². The van der Waals surface area contributed by atoms with Crippen LogP contribution in [0.15, 0.2) is 24.3 Å². The fourth-order valence-electron chi connectivity index (χ4n) is 3.19. The minimum Gasteiger partial charge on any atom is -0.466 e. The van der Waals surface area contributed by atoms with Gasteiger partial charge in [-0.05, 0) is 56.3 Å². The molecule has 5 nitrogen and oxygen atoms in total. The molecule has 1 aromatic rings. The van der Waals surface area contributed by atoms with Gasteiger partial charge in [0.05, 0.1) is 19.1 Å². The van der Waals surface area contributed by atoms with Crippen LogP contribution in [-0.2, 0) is 14.3 Å². The SMILES string of the molecule is CCOC(=O)[C@H]1CCCN(CC(=O)Nc2ccc([C@@H](C)CC)cc2)C1. The van der Waals surface area contributed by atoms with E-state index in [9.17, 15) is 9.59 Å². The Morgan fingerprint density at radius 1 is 1.28 bits per heavy atom. The van der Waals surface area contributed by atoms with Crippen molar-refractivity contribution >= 4 is 17.6 Å². The molecule has 1 fully saturated rings. The molecule has 2 rings (SSSR count). The summed E-state index contributed by atoms with van der Waals surface area (Å²) < 4.78 is 5.10. The van der Waals surface area contributed by atoms with Gasteiger partial charge in [-0.3, -0.25) is 14.5 Å². The van der Waals surface area contributed by atoms with Crippen LogP contribution in [0, 0.1) is 5.92 Å². The van der Waals surface area contributed by atoms with Gasteiger partial charge in [0.2, 0.25) is 5.91 Å². The van der Waals surface area contributed by atoms with Crippen molar-refractivity contribution in [2.24, 2.45) is 5.92 Å². The van der Waals surface area contributed by atoms with E-state index in [0.29, 0.717) is 25.6 Å². The normalized spacial score (nSPS) is 19.2. The Morgan fingerprint density at radius 2 is 2.00 bits per heavy atom. The number of ether oxygens (including phenoxy) is 1. The minimum atomic E-state index is -0.145. The molecule has 25 heavy (non-hydrogen) atoms. The Morgan fingerprint density at radius 3 is 2.64 bits per heavy atom. The van der Waals surface area contributed by atoms with Gasteiger partial charge in [-0.15, -0.1) is 0 Å². The van der Waals surface area contributed by atoms with Crippen LogP contribution >= 0.6 is 0 Å². The third kappa shape index (κ3) is 5.85. The van der Waals surface area contributed by atoms with E-state index in [4.69, 9.17) is 4.74 Å². The molecule has 0 bridgehead atoms. The number of carbonyl (C=O) groups excluding carboxylic acids is 2. The molecule has 138 valence electrons. The third-order valence-electron chi connectivity index (χ3n) is 4.87. The van der Waals surface area contributed by atoms with Crippen molar-refractivity contribution in [3.05, 3.63) is 29.8 Å². The van der Waals surface area contributed by atoms with E-state index in [1.807, 2.05) is 24.0 Å². The fraction of sp³-hybridized carbons (Fsp3) is 0.600. The van der Waals surface area contributed by atoms with Gasteiger partial charge in [-0.2, -0.15) is 0 Å². The summed E-state index contributed by atoms with van der Waals surface area (Å²) in [6.07, 6.45) is 2.86. The molecule has 0 unspecified atom stereocenters. The number of rotatable bonds is 7. The number of nitrogens with zero attached hydrogens (tertiary/aromatic N) is 1. The number of piperidine rings is 1. The van der Waals surface area contributed by atoms with Gasteiger partial charge >= 0.3 is 5.97 Å². The number of esters is 1. The topological polar surface area (TPSA) is 58.6 Å². The Hall–Kier alpha value is -1.88. The van der Waals surface area contributed by atoms with E-state index in [-0.39, 0.29) is 17.8 Å². The van der Waals surface area contributed by atoms with Crippen molar-refractivity contribution in [2.75, 3.05) is 31.6 Å². The number of hydrogen-bond acceptors (Lipinski definition) is 4. The van der Waals surface area contributed by atoms with Crippen molar-refractivity contribution in [3.63, 3.8) is 0 Å². The molecular formula is C20H30N2O3. The van der Waals surface area contributed by atoms with Crippen molar-refractivity contribution < 1.29 is 14.3 Å². The molecule has 1 aliphatic rings. The summed E-state index contributed by atoms with van der Waals surface area (Å²) in [5.41, 5.74) is 2.10. The highest BCUT2D eigenvalue weighted by molar-refractivity contribution is 5.92. The lowest BCUT2D eigenvalue weighted by atomic mass is 9.98. The first-order valence-electron chi connectivity index (χ1n) is 9.32. The van der Waals surface area contributed by atoms with Gasteiger partial charge in [0, 0.05) is 12.2 Å². The summed E-state index contributed by atoms with van der Waals surface area (Å²) in [6.45, 7) is 8.34. The lowest BCUT2D eigenvalue weighted by molar-refractivity contribution is -0.150.